The highest BCUT2D eigenvalue weighted by Gasteiger charge is 2.19. The third kappa shape index (κ3) is 3.87. The van der Waals surface area contributed by atoms with Crippen molar-refractivity contribution in [3.63, 3.8) is 0 Å². The lowest BCUT2D eigenvalue weighted by Gasteiger charge is -2.16. The van der Waals surface area contributed by atoms with Crippen molar-refractivity contribution < 1.29 is 4.79 Å². The molecule has 1 N–H and O–H groups in total. The Balaban J connectivity index is 1.67. The van der Waals surface area contributed by atoms with Crippen LogP contribution in [0.2, 0.25) is 5.02 Å². The molecule has 122 valence electrons. The van der Waals surface area contributed by atoms with Gasteiger partial charge in [0.05, 0.1) is 11.3 Å². The van der Waals surface area contributed by atoms with Crippen molar-refractivity contribution >= 4 is 23.2 Å². The number of hydrogen-bond acceptors (Lipinski definition) is 3. The summed E-state index contributed by atoms with van der Waals surface area (Å²) in [5.41, 5.74) is 3.53. The van der Waals surface area contributed by atoms with Crippen LogP contribution in [0.5, 0.6) is 0 Å². The lowest BCUT2D eigenvalue weighted by Crippen LogP contribution is -2.23. The number of rotatable bonds is 5. The van der Waals surface area contributed by atoms with E-state index in [1.165, 1.54) is 0 Å². The summed E-state index contributed by atoms with van der Waals surface area (Å²) in [6.07, 6.45) is 1.61. The fourth-order valence-electron chi connectivity index (χ4n) is 2.89. The molecule has 2 aromatic carbocycles. The summed E-state index contributed by atoms with van der Waals surface area (Å²) in [5.74, 6) is 0.235. The van der Waals surface area contributed by atoms with Crippen LogP contribution in [0.3, 0.4) is 0 Å². The minimum Gasteiger partial charge on any atom is -0.380 e. The van der Waals surface area contributed by atoms with Gasteiger partial charge in [0.25, 0.3) is 0 Å². The number of hydrogen-bond donors (Lipinski definition) is 1. The molecule has 24 heavy (non-hydrogen) atoms. The number of nitriles is 1. The van der Waals surface area contributed by atoms with E-state index in [0.29, 0.717) is 30.1 Å². The largest absolute Gasteiger partial charge is 0.380 e. The van der Waals surface area contributed by atoms with Gasteiger partial charge in [-0.05, 0) is 35.7 Å². The summed E-state index contributed by atoms with van der Waals surface area (Å²) in [6.45, 7) is 2.12. The standard InChI is InChI=1S/C19H18ClN3O/c20-17-6-7-18(16(10-17)11-21)22-12-14-3-1-4-15(9-14)13-23-8-2-5-19(23)24/h1,3-4,6-7,9-10,22H,2,5,8,12-13H2. The summed E-state index contributed by atoms with van der Waals surface area (Å²) in [4.78, 5) is 13.6. The van der Waals surface area contributed by atoms with Crippen LogP contribution in [0.15, 0.2) is 42.5 Å². The Hall–Kier alpha value is -2.51. The maximum Gasteiger partial charge on any atom is 0.222 e. The van der Waals surface area contributed by atoms with Crippen LogP contribution in [-0.4, -0.2) is 17.4 Å². The van der Waals surface area contributed by atoms with Crippen LogP contribution in [-0.2, 0) is 17.9 Å². The number of nitrogens with zero attached hydrogens (tertiary/aromatic N) is 2. The van der Waals surface area contributed by atoms with E-state index in [9.17, 15) is 10.1 Å². The number of halogens is 1. The van der Waals surface area contributed by atoms with Crippen LogP contribution >= 0.6 is 11.6 Å². The minimum atomic E-state index is 0.235. The predicted octanol–water partition coefficient (Wildman–Crippen LogP) is 3.95. The first-order chi connectivity index (χ1) is 11.7. The number of amides is 1. The van der Waals surface area contributed by atoms with Gasteiger partial charge >= 0.3 is 0 Å². The number of carbonyl (C=O) groups is 1. The maximum absolute atomic E-state index is 11.7. The Morgan fingerprint density at radius 2 is 2.04 bits per heavy atom. The zero-order valence-electron chi connectivity index (χ0n) is 13.3. The molecule has 4 nitrogen and oxygen atoms in total. The molecular weight excluding hydrogens is 322 g/mol. The third-order valence-electron chi connectivity index (χ3n) is 4.12. The Morgan fingerprint density at radius 3 is 2.79 bits per heavy atom. The first kappa shape index (κ1) is 16.4. The molecule has 0 atom stereocenters. The molecule has 0 saturated carbocycles. The summed E-state index contributed by atoms with van der Waals surface area (Å²) < 4.78 is 0. The third-order valence-corrected chi connectivity index (χ3v) is 4.36. The van der Waals surface area contributed by atoms with Crippen LogP contribution in [0.1, 0.15) is 29.5 Å². The topological polar surface area (TPSA) is 56.1 Å². The van der Waals surface area contributed by atoms with E-state index in [4.69, 9.17) is 11.6 Å². The number of benzene rings is 2. The first-order valence-corrected chi connectivity index (χ1v) is 8.32. The normalized spacial score (nSPS) is 13.8. The van der Waals surface area contributed by atoms with E-state index in [1.807, 2.05) is 29.2 Å². The molecule has 0 unspecified atom stereocenters. The highest BCUT2D eigenvalue weighted by atomic mass is 35.5. The summed E-state index contributed by atoms with van der Waals surface area (Å²) >= 11 is 5.92. The summed E-state index contributed by atoms with van der Waals surface area (Å²) in [6, 6.07) is 15.5. The molecule has 1 fully saturated rings. The average Bonchev–Trinajstić information content (AvgIpc) is 2.99. The number of likely N-dealkylation sites (tertiary alicyclic amines) is 1. The Kier molecular flexibility index (Phi) is 5.02. The molecule has 3 rings (SSSR count). The predicted molar refractivity (Wildman–Crippen MR) is 94.6 cm³/mol. The smallest absolute Gasteiger partial charge is 0.222 e. The molecule has 0 aromatic heterocycles. The van der Waals surface area contributed by atoms with Gasteiger partial charge in [-0.1, -0.05) is 35.9 Å². The molecule has 1 saturated heterocycles. The van der Waals surface area contributed by atoms with Gasteiger partial charge in [-0.3, -0.25) is 4.79 Å². The first-order valence-electron chi connectivity index (χ1n) is 7.95. The van der Waals surface area contributed by atoms with E-state index in [2.05, 4.69) is 17.5 Å². The number of carbonyl (C=O) groups excluding carboxylic acids is 1. The molecule has 5 heteroatoms. The van der Waals surface area contributed by atoms with Gasteiger partial charge in [0.15, 0.2) is 0 Å². The van der Waals surface area contributed by atoms with Crippen molar-refractivity contribution in [2.45, 2.75) is 25.9 Å². The van der Waals surface area contributed by atoms with Gasteiger partial charge in [-0.15, -0.1) is 0 Å². The van der Waals surface area contributed by atoms with Crippen LogP contribution < -0.4 is 5.32 Å². The fraction of sp³-hybridized carbons (Fsp3) is 0.263. The highest BCUT2D eigenvalue weighted by molar-refractivity contribution is 6.30. The average molecular weight is 340 g/mol. The number of nitrogens with one attached hydrogen (secondary N) is 1. The summed E-state index contributed by atoms with van der Waals surface area (Å²) in [5, 5.41) is 13.0. The molecular formula is C19H18ClN3O. The van der Waals surface area contributed by atoms with Crippen molar-refractivity contribution in [1.82, 2.24) is 4.90 Å². The van der Waals surface area contributed by atoms with Crippen molar-refractivity contribution in [2.24, 2.45) is 0 Å². The Labute approximate surface area is 146 Å². The zero-order valence-corrected chi connectivity index (χ0v) is 14.0. The highest BCUT2D eigenvalue weighted by Crippen LogP contribution is 2.21. The van der Waals surface area contributed by atoms with Gasteiger partial charge in [0.1, 0.15) is 6.07 Å². The Morgan fingerprint density at radius 1 is 1.21 bits per heavy atom. The second-order valence-corrected chi connectivity index (χ2v) is 6.33. The molecule has 0 radical (unpaired) electrons. The lowest BCUT2D eigenvalue weighted by atomic mass is 10.1. The summed E-state index contributed by atoms with van der Waals surface area (Å²) in [7, 11) is 0. The van der Waals surface area contributed by atoms with E-state index >= 15 is 0 Å². The molecule has 0 aliphatic carbocycles. The van der Waals surface area contributed by atoms with Crippen LogP contribution in [0.4, 0.5) is 5.69 Å². The van der Waals surface area contributed by atoms with Crippen LogP contribution in [0, 0.1) is 11.3 Å². The van der Waals surface area contributed by atoms with Crippen molar-refractivity contribution in [1.29, 1.82) is 5.26 Å². The second kappa shape index (κ2) is 7.37. The number of anilines is 1. The van der Waals surface area contributed by atoms with Gasteiger partial charge in [-0.25, -0.2) is 0 Å². The van der Waals surface area contributed by atoms with E-state index in [0.717, 1.165) is 29.8 Å². The molecule has 0 bridgehead atoms. The van der Waals surface area contributed by atoms with Crippen molar-refractivity contribution in [3.05, 3.63) is 64.2 Å². The molecule has 2 aromatic rings. The molecule has 0 spiro atoms. The van der Waals surface area contributed by atoms with E-state index in [-0.39, 0.29) is 5.91 Å². The minimum absolute atomic E-state index is 0.235. The Bertz CT molecular complexity index is 797. The van der Waals surface area contributed by atoms with Crippen molar-refractivity contribution in [3.8, 4) is 6.07 Å². The van der Waals surface area contributed by atoms with Gasteiger partial charge in [-0.2, -0.15) is 5.26 Å². The SMILES string of the molecule is N#Cc1cc(Cl)ccc1NCc1cccc(CN2CCCC2=O)c1. The molecule has 1 amide bonds. The quantitative estimate of drug-likeness (QED) is 0.897. The van der Waals surface area contributed by atoms with Crippen LogP contribution in [0.25, 0.3) is 0 Å². The van der Waals surface area contributed by atoms with Crippen molar-refractivity contribution in [2.75, 3.05) is 11.9 Å². The molecule has 1 heterocycles. The fourth-order valence-corrected chi connectivity index (χ4v) is 3.06. The monoisotopic (exact) mass is 339 g/mol. The lowest BCUT2D eigenvalue weighted by molar-refractivity contribution is -0.128. The van der Waals surface area contributed by atoms with E-state index < -0.39 is 0 Å². The molecule has 1 aliphatic rings. The second-order valence-electron chi connectivity index (χ2n) is 5.89. The van der Waals surface area contributed by atoms with Gasteiger partial charge in [0.2, 0.25) is 5.91 Å². The van der Waals surface area contributed by atoms with Gasteiger partial charge in [0, 0.05) is 31.1 Å². The van der Waals surface area contributed by atoms with E-state index in [1.54, 1.807) is 12.1 Å². The maximum atomic E-state index is 11.7. The zero-order chi connectivity index (χ0) is 16.9. The van der Waals surface area contributed by atoms with Gasteiger partial charge < -0.3 is 10.2 Å². The molecule has 1 aliphatic heterocycles.